The number of ether oxygens (including phenoxy) is 2. The molecule has 0 aromatic rings. The number of aliphatic hydroxyl groups excluding tert-OH is 2. The van der Waals surface area contributed by atoms with Gasteiger partial charge in [-0.2, -0.15) is 0 Å². The van der Waals surface area contributed by atoms with E-state index >= 15 is 0 Å². The smallest absolute Gasteiger partial charge is 0.407 e. The third-order valence-electron chi connectivity index (χ3n) is 4.29. The molecule has 0 radical (unpaired) electrons. The normalized spacial score (nSPS) is 26.6. The fraction of sp³-hybridized carbons (Fsp3) is 0.900. The standard InChI is InChI=1S/2C10H19NO3/c2*1-10(2,3)14-9(13)11-6-7-4-8(12)5-7/h2*7-8,12H,4-6H2,1-3H3,(H,11,13). The highest BCUT2D eigenvalue weighted by molar-refractivity contribution is 5.68. The molecular weight excluding hydrogens is 364 g/mol. The second-order valence-electron chi connectivity index (χ2n) is 9.75. The Bertz CT molecular complexity index is 454. The zero-order valence-corrected chi connectivity index (χ0v) is 18.1. The zero-order valence-electron chi connectivity index (χ0n) is 18.1. The van der Waals surface area contributed by atoms with E-state index in [1.807, 2.05) is 41.5 Å². The third kappa shape index (κ3) is 11.3. The van der Waals surface area contributed by atoms with E-state index in [-0.39, 0.29) is 24.4 Å². The van der Waals surface area contributed by atoms with Gasteiger partial charge in [-0.15, -0.1) is 0 Å². The molecule has 8 nitrogen and oxygen atoms in total. The van der Waals surface area contributed by atoms with Crippen LogP contribution in [0, 0.1) is 11.8 Å². The highest BCUT2D eigenvalue weighted by Gasteiger charge is 2.28. The lowest BCUT2D eigenvalue weighted by Gasteiger charge is -2.31. The number of nitrogens with one attached hydrogen (secondary N) is 2. The predicted molar refractivity (Wildman–Crippen MR) is 106 cm³/mol. The van der Waals surface area contributed by atoms with Gasteiger partial charge < -0.3 is 30.3 Å². The van der Waals surface area contributed by atoms with E-state index in [0.717, 1.165) is 25.7 Å². The van der Waals surface area contributed by atoms with Crippen molar-refractivity contribution in [2.45, 2.75) is 90.6 Å². The summed E-state index contributed by atoms with van der Waals surface area (Å²) in [6.45, 7) is 12.2. The molecule has 164 valence electrons. The van der Waals surface area contributed by atoms with Gasteiger partial charge in [-0.25, -0.2) is 9.59 Å². The summed E-state index contributed by atoms with van der Waals surface area (Å²) in [5.41, 5.74) is -0.883. The molecule has 2 rings (SSSR count). The van der Waals surface area contributed by atoms with E-state index in [0.29, 0.717) is 24.9 Å². The molecule has 2 aliphatic carbocycles. The second-order valence-corrected chi connectivity index (χ2v) is 9.75. The SMILES string of the molecule is CC(C)(C)OC(=O)NCC1CC(O)C1.CC(C)(C)OC(=O)NCC1CC(O)C1. The van der Waals surface area contributed by atoms with Crippen LogP contribution < -0.4 is 10.6 Å². The average Bonchev–Trinajstić information content (AvgIpc) is 2.43. The summed E-state index contributed by atoms with van der Waals surface area (Å²) in [7, 11) is 0. The van der Waals surface area contributed by atoms with Gasteiger partial charge in [0.1, 0.15) is 11.2 Å². The van der Waals surface area contributed by atoms with Crippen LogP contribution in [0.5, 0.6) is 0 Å². The molecule has 28 heavy (non-hydrogen) atoms. The van der Waals surface area contributed by atoms with E-state index in [2.05, 4.69) is 10.6 Å². The van der Waals surface area contributed by atoms with Crippen LogP contribution in [0.4, 0.5) is 9.59 Å². The van der Waals surface area contributed by atoms with Crippen LogP contribution in [-0.4, -0.2) is 58.9 Å². The van der Waals surface area contributed by atoms with Crippen LogP contribution in [0.2, 0.25) is 0 Å². The Balaban J connectivity index is 0.000000280. The molecule has 8 heteroatoms. The van der Waals surface area contributed by atoms with Gasteiger partial charge in [0.05, 0.1) is 12.2 Å². The number of carbonyl (C=O) groups excluding carboxylic acids is 2. The number of hydrogen-bond acceptors (Lipinski definition) is 6. The van der Waals surface area contributed by atoms with Crippen molar-refractivity contribution < 1.29 is 29.3 Å². The molecule has 0 unspecified atom stereocenters. The Morgan fingerprint density at radius 3 is 1.25 bits per heavy atom. The highest BCUT2D eigenvalue weighted by atomic mass is 16.6. The first-order valence-corrected chi connectivity index (χ1v) is 10.0. The lowest BCUT2D eigenvalue weighted by Crippen LogP contribution is -2.40. The first-order valence-electron chi connectivity index (χ1n) is 10.0. The molecule has 2 aliphatic rings. The summed E-state index contributed by atoms with van der Waals surface area (Å²) in [4.78, 5) is 22.4. The van der Waals surface area contributed by atoms with Gasteiger partial charge in [0.15, 0.2) is 0 Å². The minimum absolute atomic E-state index is 0.166. The van der Waals surface area contributed by atoms with Crippen LogP contribution in [0.3, 0.4) is 0 Å². The summed E-state index contributed by atoms with van der Waals surface area (Å²) in [5, 5.41) is 23.4. The lowest BCUT2D eigenvalue weighted by molar-refractivity contribution is 0.0319. The third-order valence-corrected chi connectivity index (χ3v) is 4.29. The van der Waals surface area contributed by atoms with Gasteiger partial charge in [-0.05, 0) is 79.1 Å². The zero-order chi connectivity index (χ0) is 21.5. The fourth-order valence-electron chi connectivity index (χ4n) is 2.82. The number of hydrogen-bond donors (Lipinski definition) is 4. The largest absolute Gasteiger partial charge is 0.444 e. The molecule has 2 amide bonds. The van der Waals surface area contributed by atoms with Crippen LogP contribution in [0.15, 0.2) is 0 Å². The topological polar surface area (TPSA) is 117 Å². The minimum atomic E-state index is -0.441. The number of alkyl carbamates (subject to hydrolysis) is 2. The summed E-state index contributed by atoms with van der Waals surface area (Å²) in [5.74, 6) is 0.829. The first kappa shape index (κ1) is 24.5. The minimum Gasteiger partial charge on any atom is -0.444 e. The van der Waals surface area contributed by atoms with Crippen molar-refractivity contribution >= 4 is 12.2 Å². The molecular formula is C20H38N2O6. The van der Waals surface area contributed by atoms with E-state index < -0.39 is 11.2 Å². The van der Waals surface area contributed by atoms with Gasteiger partial charge in [-0.1, -0.05) is 0 Å². The van der Waals surface area contributed by atoms with Crippen molar-refractivity contribution in [2.24, 2.45) is 11.8 Å². The molecule has 4 N–H and O–H groups in total. The van der Waals surface area contributed by atoms with Crippen molar-refractivity contribution in [3.63, 3.8) is 0 Å². The molecule has 0 heterocycles. The molecule has 0 spiro atoms. The van der Waals surface area contributed by atoms with E-state index in [9.17, 15) is 9.59 Å². The number of amides is 2. The Hall–Kier alpha value is -1.54. The molecule has 0 aromatic heterocycles. The maximum atomic E-state index is 11.2. The van der Waals surface area contributed by atoms with Crippen LogP contribution in [0.25, 0.3) is 0 Å². The van der Waals surface area contributed by atoms with Crippen LogP contribution in [0.1, 0.15) is 67.2 Å². The van der Waals surface area contributed by atoms with E-state index in [1.165, 1.54) is 0 Å². The summed E-state index contributed by atoms with van der Waals surface area (Å²) in [6, 6.07) is 0. The molecule has 2 saturated carbocycles. The van der Waals surface area contributed by atoms with Crippen molar-refractivity contribution in [1.29, 1.82) is 0 Å². The van der Waals surface area contributed by atoms with Gasteiger partial charge in [0.25, 0.3) is 0 Å². The molecule has 0 atom stereocenters. The van der Waals surface area contributed by atoms with E-state index in [1.54, 1.807) is 0 Å². The first-order chi connectivity index (χ1) is 12.7. The Labute approximate surface area is 168 Å². The average molecular weight is 403 g/mol. The van der Waals surface area contributed by atoms with Crippen molar-refractivity contribution in [1.82, 2.24) is 10.6 Å². The van der Waals surface area contributed by atoms with Crippen LogP contribution >= 0.6 is 0 Å². The quantitative estimate of drug-likeness (QED) is 0.574. The molecule has 0 aromatic carbocycles. The molecule has 0 bridgehead atoms. The number of aliphatic hydroxyl groups is 2. The maximum absolute atomic E-state index is 11.2. The molecule has 2 fully saturated rings. The summed E-state index contributed by atoms with van der Waals surface area (Å²) < 4.78 is 10.1. The van der Waals surface area contributed by atoms with Gasteiger partial charge in [0, 0.05) is 13.1 Å². The van der Waals surface area contributed by atoms with Gasteiger partial charge >= 0.3 is 12.2 Å². The number of rotatable bonds is 4. The maximum Gasteiger partial charge on any atom is 0.407 e. The van der Waals surface area contributed by atoms with Crippen molar-refractivity contribution in [3.8, 4) is 0 Å². The summed E-state index contributed by atoms with van der Waals surface area (Å²) in [6.07, 6.45) is 2.07. The lowest BCUT2D eigenvalue weighted by atomic mass is 9.82. The highest BCUT2D eigenvalue weighted by Crippen LogP contribution is 2.26. The Morgan fingerprint density at radius 1 is 0.750 bits per heavy atom. The Morgan fingerprint density at radius 2 is 1.04 bits per heavy atom. The van der Waals surface area contributed by atoms with Crippen LogP contribution in [-0.2, 0) is 9.47 Å². The fourth-order valence-corrected chi connectivity index (χ4v) is 2.82. The van der Waals surface area contributed by atoms with Gasteiger partial charge in [0.2, 0.25) is 0 Å². The van der Waals surface area contributed by atoms with Crippen molar-refractivity contribution in [2.75, 3.05) is 13.1 Å². The van der Waals surface area contributed by atoms with E-state index in [4.69, 9.17) is 19.7 Å². The molecule has 0 saturated heterocycles. The monoisotopic (exact) mass is 402 g/mol. The van der Waals surface area contributed by atoms with Gasteiger partial charge in [-0.3, -0.25) is 0 Å². The Kier molecular flexibility index (Phi) is 9.01. The van der Waals surface area contributed by atoms with Crippen molar-refractivity contribution in [3.05, 3.63) is 0 Å². The number of carbonyl (C=O) groups is 2. The molecule has 0 aliphatic heterocycles. The predicted octanol–water partition coefficient (Wildman–Crippen LogP) is 2.56. The summed E-state index contributed by atoms with van der Waals surface area (Å²) >= 11 is 0. The second kappa shape index (κ2) is 10.3.